The smallest absolute Gasteiger partial charge is 0.416 e. The van der Waals surface area contributed by atoms with Gasteiger partial charge >= 0.3 is 6.18 Å². The molecule has 0 fully saturated rings. The predicted octanol–water partition coefficient (Wildman–Crippen LogP) is 7.62. The fourth-order valence-electron chi connectivity index (χ4n) is 5.05. The molecule has 3 aromatic rings. The van der Waals surface area contributed by atoms with E-state index in [2.05, 4.69) is 17.6 Å². The van der Waals surface area contributed by atoms with Crippen LogP contribution >= 0.6 is 0 Å². The Labute approximate surface area is 202 Å². The summed E-state index contributed by atoms with van der Waals surface area (Å²) in [6.45, 7) is 2.11. The molecule has 0 saturated carbocycles. The SMILES string of the molecule is CCCC(Nc1ccccc1)c1c(C=C2C(=O)Nc3ccc(C(F)(F)F)cc32)oc2c1CCCC2. The number of furan rings is 1. The lowest BCUT2D eigenvalue weighted by molar-refractivity contribution is -0.137. The number of fused-ring (bicyclic) bond motifs is 2. The van der Waals surface area contributed by atoms with Crippen molar-refractivity contribution in [3.63, 3.8) is 0 Å². The van der Waals surface area contributed by atoms with Crippen molar-refractivity contribution >= 4 is 28.9 Å². The second-order valence-electron chi connectivity index (χ2n) is 9.11. The lowest BCUT2D eigenvalue weighted by Gasteiger charge is -2.22. The van der Waals surface area contributed by atoms with Crippen molar-refractivity contribution < 1.29 is 22.4 Å². The van der Waals surface area contributed by atoms with Gasteiger partial charge in [-0.2, -0.15) is 13.2 Å². The molecule has 2 aliphatic rings. The minimum atomic E-state index is -4.49. The third kappa shape index (κ3) is 4.59. The minimum Gasteiger partial charge on any atom is -0.461 e. The van der Waals surface area contributed by atoms with Gasteiger partial charge in [0.05, 0.1) is 17.2 Å². The molecule has 2 heterocycles. The van der Waals surface area contributed by atoms with Crippen LogP contribution in [0.4, 0.5) is 24.5 Å². The Morgan fingerprint density at radius 2 is 1.89 bits per heavy atom. The molecule has 1 amide bonds. The Morgan fingerprint density at radius 1 is 1.11 bits per heavy atom. The van der Waals surface area contributed by atoms with Crippen LogP contribution < -0.4 is 10.6 Å². The number of carbonyl (C=O) groups excluding carboxylic acids is 1. The maximum absolute atomic E-state index is 13.4. The molecule has 1 aromatic heterocycles. The second kappa shape index (κ2) is 9.29. The van der Waals surface area contributed by atoms with Gasteiger partial charge in [-0.05, 0) is 67.7 Å². The highest BCUT2D eigenvalue weighted by Gasteiger charge is 2.35. The van der Waals surface area contributed by atoms with Gasteiger partial charge in [-0.1, -0.05) is 31.5 Å². The Bertz CT molecular complexity index is 1280. The maximum atomic E-state index is 13.4. The molecule has 0 saturated heterocycles. The maximum Gasteiger partial charge on any atom is 0.416 e. The summed E-state index contributed by atoms with van der Waals surface area (Å²) >= 11 is 0. The zero-order valence-electron chi connectivity index (χ0n) is 19.5. The van der Waals surface area contributed by atoms with Crippen molar-refractivity contribution in [2.24, 2.45) is 0 Å². The van der Waals surface area contributed by atoms with Gasteiger partial charge in [-0.3, -0.25) is 4.79 Å². The number of amides is 1. The van der Waals surface area contributed by atoms with Crippen molar-refractivity contribution in [2.75, 3.05) is 10.6 Å². The molecule has 0 bridgehead atoms. The Kier molecular flexibility index (Phi) is 6.17. The van der Waals surface area contributed by atoms with Crippen LogP contribution in [0.1, 0.15) is 72.4 Å². The van der Waals surface area contributed by atoms with E-state index in [0.29, 0.717) is 11.4 Å². The quantitative estimate of drug-likeness (QED) is 0.357. The van der Waals surface area contributed by atoms with E-state index < -0.39 is 17.6 Å². The number of carbonyl (C=O) groups is 1. The van der Waals surface area contributed by atoms with Crippen molar-refractivity contribution in [1.29, 1.82) is 0 Å². The topological polar surface area (TPSA) is 54.3 Å². The Hall–Kier alpha value is -3.48. The van der Waals surface area contributed by atoms with Crippen molar-refractivity contribution in [3.05, 3.63) is 82.3 Å². The first-order valence-electron chi connectivity index (χ1n) is 12.1. The van der Waals surface area contributed by atoms with Gasteiger partial charge in [0.25, 0.3) is 5.91 Å². The summed E-state index contributed by atoms with van der Waals surface area (Å²) in [4.78, 5) is 12.8. The fourth-order valence-corrected chi connectivity index (χ4v) is 5.05. The number of benzene rings is 2. The van der Waals surface area contributed by atoms with E-state index in [0.717, 1.165) is 73.2 Å². The molecule has 1 unspecified atom stereocenters. The summed E-state index contributed by atoms with van der Waals surface area (Å²) in [7, 11) is 0. The van der Waals surface area contributed by atoms with Crippen LogP contribution in [0.15, 0.2) is 52.9 Å². The van der Waals surface area contributed by atoms with E-state index in [1.54, 1.807) is 6.08 Å². The molecular weight excluding hydrogens is 453 g/mol. The molecule has 1 atom stereocenters. The number of alkyl halides is 3. The number of hydrogen-bond acceptors (Lipinski definition) is 3. The molecule has 7 heteroatoms. The van der Waals surface area contributed by atoms with E-state index in [1.165, 1.54) is 6.07 Å². The summed E-state index contributed by atoms with van der Waals surface area (Å²) in [5.41, 5.74) is 3.17. The number of para-hydroxylation sites is 1. The van der Waals surface area contributed by atoms with Crippen LogP contribution in [-0.2, 0) is 23.8 Å². The van der Waals surface area contributed by atoms with Crippen LogP contribution in [-0.4, -0.2) is 5.91 Å². The summed E-state index contributed by atoms with van der Waals surface area (Å²) in [5.74, 6) is 1.04. The van der Waals surface area contributed by atoms with E-state index in [1.807, 2.05) is 30.3 Å². The number of anilines is 2. The monoisotopic (exact) mass is 480 g/mol. The zero-order chi connectivity index (χ0) is 24.6. The van der Waals surface area contributed by atoms with E-state index in [-0.39, 0.29) is 17.2 Å². The van der Waals surface area contributed by atoms with Gasteiger partial charge in [0, 0.05) is 28.9 Å². The molecule has 2 aromatic carbocycles. The van der Waals surface area contributed by atoms with Crippen LogP contribution in [0, 0.1) is 0 Å². The van der Waals surface area contributed by atoms with Crippen LogP contribution in [0.25, 0.3) is 11.6 Å². The van der Waals surface area contributed by atoms with Crippen molar-refractivity contribution in [1.82, 2.24) is 0 Å². The molecule has 2 N–H and O–H groups in total. The largest absolute Gasteiger partial charge is 0.461 e. The minimum absolute atomic E-state index is 0.0507. The van der Waals surface area contributed by atoms with E-state index >= 15 is 0 Å². The van der Waals surface area contributed by atoms with Crippen molar-refractivity contribution in [2.45, 2.75) is 57.7 Å². The molecule has 182 valence electrons. The third-order valence-corrected chi connectivity index (χ3v) is 6.69. The summed E-state index contributed by atoms with van der Waals surface area (Å²) in [5, 5.41) is 6.31. The molecule has 1 aliphatic carbocycles. The first-order chi connectivity index (χ1) is 16.8. The lowest BCUT2D eigenvalue weighted by atomic mass is 9.89. The predicted molar refractivity (Wildman–Crippen MR) is 131 cm³/mol. The van der Waals surface area contributed by atoms with Crippen LogP contribution in [0.2, 0.25) is 0 Å². The van der Waals surface area contributed by atoms with Gasteiger partial charge in [0.1, 0.15) is 11.5 Å². The van der Waals surface area contributed by atoms with Gasteiger partial charge in [0.15, 0.2) is 0 Å². The van der Waals surface area contributed by atoms with Gasteiger partial charge in [-0.25, -0.2) is 0 Å². The highest BCUT2D eigenvalue weighted by Crippen LogP contribution is 2.42. The number of aryl methyl sites for hydroxylation is 1. The number of hydrogen-bond donors (Lipinski definition) is 2. The van der Waals surface area contributed by atoms with E-state index in [4.69, 9.17) is 4.42 Å². The molecular formula is C28H27F3N2O2. The Balaban J connectivity index is 1.62. The summed E-state index contributed by atoms with van der Waals surface area (Å²) in [6.07, 6.45) is 2.69. The zero-order valence-corrected chi connectivity index (χ0v) is 19.5. The van der Waals surface area contributed by atoms with Gasteiger partial charge in [-0.15, -0.1) is 0 Å². The normalized spacial score (nSPS) is 17.1. The molecule has 35 heavy (non-hydrogen) atoms. The van der Waals surface area contributed by atoms with Crippen LogP contribution in [0.3, 0.4) is 0 Å². The molecule has 4 nitrogen and oxygen atoms in total. The number of nitrogens with one attached hydrogen (secondary N) is 2. The third-order valence-electron chi connectivity index (χ3n) is 6.69. The summed E-state index contributed by atoms with van der Waals surface area (Å²) in [6, 6.07) is 13.2. The van der Waals surface area contributed by atoms with Gasteiger partial charge < -0.3 is 15.1 Å². The highest BCUT2D eigenvalue weighted by atomic mass is 19.4. The van der Waals surface area contributed by atoms with Gasteiger partial charge in [0.2, 0.25) is 0 Å². The Morgan fingerprint density at radius 3 is 2.63 bits per heavy atom. The average molecular weight is 481 g/mol. The second-order valence-corrected chi connectivity index (χ2v) is 9.11. The standard InChI is InChI=1S/C28H27F3N2O2/c1-2-8-23(32-18-9-4-3-5-10-18)26-19-11-6-7-12-24(19)35-25(26)16-21-20-15-17(28(29,30)31)13-14-22(20)33-27(21)34/h3-5,9-10,13-16,23,32H,2,6-8,11-12H2,1H3,(H,33,34). The average Bonchev–Trinajstić information content (AvgIpc) is 3.35. The summed E-state index contributed by atoms with van der Waals surface area (Å²) < 4.78 is 46.4. The molecule has 5 rings (SSSR count). The molecule has 0 spiro atoms. The van der Waals surface area contributed by atoms with Crippen LogP contribution in [0.5, 0.6) is 0 Å². The highest BCUT2D eigenvalue weighted by molar-refractivity contribution is 6.34. The number of halogens is 3. The fraction of sp³-hybridized carbons (Fsp3) is 0.321. The first kappa shape index (κ1) is 23.3. The van der Waals surface area contributed by atoms with Crippen molar-refractivity contribution in [3.8, 4) is 0 Å². The lowest BCUT2D eigenvalue weighted by Crippen LogP contribution is -2.14. The molecule has 1 aliphatic heterocycles. The first-order valence-corrected chi connectivity index (χ1v) is 12.1. The molecule has 0 radical (unpaired) electrons. The number of rotatable bonds is 6. The van der Waals surface area contributed by atoms with E-state index in [9.17, 15) is 18.0 Å².